The molecule has 0 radical (unpaired) electrons. The van der Waals surface area contributed by atoms with Gasteiger partial charge in [-0.05, 0) is 57.0 Å². The van der Waals surface area contributed by atoms with Crippen molar-refractivity contribution >= 4 is 23.6 Å². The Hall–Kier alpha value is -2.34. The van der Waals surface area contributed by atoms with Crippen molar-refractivity contribution in [1.82, 2.24) is 10.2 Å². The Morgan fingerprint density at radius 2 is 1.69 bits per heavy atom. The Kier molecular flexibility index (Phi) is 8.70. The van der Waals surface area contributed by atoms with Gasteiger partial charge in [-0.2, -0.15) is 0 Å². The molecular formula is C23H29FN2O2S. The van der Waals surface area contributed by atoms with Gasteiger partial charge >= 0.3 is 0 Å². The topological polar surface area (TPSA) is 49.4 Å². The van der Waals surface area contributed by atoms with E-state index in [1.54, 1.807) is 24.0 Å². The van der Waals surface area contributed by atoms with Crippen molar-refractivity contribution in [3.05, 3.63) is 65.5 Å². The number of halogens is 1. The smallest absolute Gasteiger partial charge is 0.242 e. The monoisotopic (exact) mass is 416 g/mol. The molecule has 2 aromatic rings. The van der Waals surface area contributed by atoms with Crippen LogP contribution >= 0.6 is 11.8 Å². The normalized spacial score (nSPS) is 12.9. The largest absolute Gasteiger partial charge is 0.352 e. The molecule has 0 saturated heterocycles. The van der Waals surface area contributed by atoms with Crippen molar-refractivity contribution in [2.75, 3.05) is 5.75 Å². The Morgan fingerprint density at radius 1 is 1.07 bits per heavy atom. The maximum absolute atomic E-state index is 13.2. The van der Waals surface area contributed by atoms with E-state index in [1.165, 1.54) is 23.9 Å². The summed E-state index contributed by atoms with van der Waals surface area (Å²) in [5.41, 5.74) is 1.94. The molecular weight excluding hydrogens is 387 g/mol. The summed E-state index contributed by atoms with van der Waals surface area (Å²) in [4.78, 5) is 28.2. The average molecular weight is 417 g/mol. The van der Waals surface area contributed by atoms with Crippen molar-refractivity contribution < 1.29 is 14.0 Å². The number of rotatable bonds is 9. The molecule has 29 heavy (non-hydrogen) atoms. The average Bonchev–Trinajstić information content (AvgIpc) is 2.72. The van der Waals surface area contributed by atoms with Crippen LogP contribution in [0.25, 0.3) is 0 Å². The third-order valence-electron chi connectivity index (χ3n) is 4.82. The zero-order chi connectivity index (χ0) is 21.4. The van der Waals surface area contributed by atoms with E-state index in [9.17, 15) is 14.0 Å². The van der Waals surface area contributed by atoms with Crippen LogP contribution in [0, 0.1) is 12.7 Å². The molecule has 2 unspecified atom stereocenters. The van der Waals surface area contributed by atoms with Crippen LogP contribution in [0.1, 0.15) is 38.3 Å². The molecule has 0 bridgehead atoms. The number of benzene rings is 2. The predicted molar refractivity (Wildman–Crippen MR) is 116 cm³/mol. The molecule has 2 aromatic carbocycles. The lowest BCUT2D eigenvalue weighted by molar-refractivity contribution is -0.138. The highest BCUT2D eigenvalue weighted by atomic mass is 32.2. The lowest BCUT2D eigenvalue weighted by Gasteiger charge is -2.29. The molecule has 0 aliphatic carbocycles. The number of thioether (sulfide) groups is 1. The molecule has 2 atom stereocenters. The van der Waals surface area contributed by atoms with Crippen molar-refractivity contribution in [3.63, 3.8) is 0 Å². The van der Waals surface area contributed by atoms with Gasteiger partial charge in [0.25, 0.3) is 0 Å². The second-order valence-corrected chi connectivity index (χ2v) is 8.29. The molecule has 0 aliphatic rings. The standard InChI is InChI=1S/C23H29FN2O2S/c1-5-17(3)25-23(28)18(4)26(14-19-8-10-20(24)11-9-19)22(27)15-29-21-12-6-16(2)7-13-21/h6-13,17-18H,5,14-15H2,1-4H3,(H,25,28). The zero-order valence-electron chi connectivity index (χ0n) is 17.4. The number of nitrogens with one attached hydrogen (secondary N) is 1. The number of carbonyl (C=O) groups is 2. The Morgan fingerprint density at radius 3 is 2.28 bits per heavy atom. The van der Waals surface area contributed by atoms with E-state index in [4.69, 9.17) is 0 Å². The van der Waals surface area contributed by atoms with Gasteiger partial charge in [0.2, 0.25) is 11.8 Å². The van der Waals surface area contributed by atoms with Crippen LogP contribution in [-0.4, -0.2) is 34.6 Å². The van der Waals surface area contributed by atoms with Gasteiger partial charge in [-0.1, -0.05) is 36.8 Å². The number of aryl methyl sites for hydroxylation is 1. The maximum Gasteiger partial charge on any atom is 0.242 e. The predicted octanol–water partition coefficient (Wildman–Crippen LogP) is 4.56. The van der Waals surface area contributed by atoms with Gasteiger partial charge in [-0.3, -0.25) is 9.59 Å². The first-order chi connectivity index (χ1) is 13.8. The van der Waals surface area contributed by atoms with Crippen LogP contribution in [-0.2, 0) is 16.1 Å². The number of carbonyl (C=O) groups excluding carboxylic acids is 2. The minimum absolute atomic E-state index is 0.0367. The summed E-state index contributed by atoms with van der Waals surface area (Å²) in [6.45, 7) is 7.93. The molecule has 0 aliphatic heterocycles. The molecule has 1 N–H and O–H groups in total. The fourth-order valence-corrected chi connectivity index (χ4v) is 3.48. The summed E-state index contributed by atoms with van der Waals surface area (Å²) in [6, 6.07) is 13.4. The lowest BCUT2D eigenvalue weighted by atomic mass is 10.1. The number of nitrogens with zero attached hydrogens (tertiary/aromatic N) is 1. The summed E-state index contributed by atoms with van der Waals surface area (Å²) in [6.07, 6.45) is 0.813. The van der Waals surface area contributed by atoms with Gasteiger partial charge in [-0.15, -0.1) is 11.8 Å². The number of hydrogen-bond donors (Lipinski definition) is 1. The van der Waals surface area contributed by atoms with E-state index >= 15 is 0 Å². The van der Waals surface area contributed by atoms with Gasteiger partial charge in [0.1, 0.15) is 11.9 Å². The fraction of sp³-hybridized carbons (Fsp3) is 0.391. The van der Waals surface area contributed by atoms with Gasteiger partial charge in [0.15, 0.2) is 0 Å². The zero-order valence-corrected chi connectivity index (χ0v) is 18.3. The van der Waals surface area contributed by atoms with E-state index in [0.29, 0.717) is 0 Å². The summed E-state index contributed by atoms with van der Waals surface area (Å²) in [5, 5.41) is 2.94. The third-order valence-corrected chi connectivity index (χ3v) is 5.81. The van der Waals surface area contributed by atoms with E-state index in [-0.39, 0.29) is 36.0 Å². The van der Waals surface area contributed by atoms with E-state index in [0.717, 1.165) is 22.4 Å². The number of amides is 2. The molecule has 6 heteroatoms. The van der Waals surface area contributed by atoms with E-state index in [2.05, 4.69) is 5.32 Å². The van der Waals surface area contributed by atoms with Crippen LogP contribution in [0.4, 0.5) is 4.39 Å². The van der Waals surface area contributed by atoms with Crippen LogP contribution in [0.15, 0.2) is 53.4 Å². The molecule has 0 saturated carbocycles. The summed E-state index contributed by atoms with van der Waals surface area (Å²) in [7, 11) is 0. The first kappa shape index (κ1) is 22.9. The molecule has 0 fully saturated rings. The molecule has 4 nitrogen and oxygen atoms in total. The highest BCUT2D eigenvalue weighted by Gasteiger charge is 2.26. The first-order valence-electron chi connectivity index (χ1n) is 9.84. The van der Waals surface area contributed by atoms with Crippen molar-refractivity contribution in [1.29, 1.82) is 0 Å². The Balaban J connectivity index is 2.13. The van der Waals surface area contributed by atoms with Crippen molar-refractivity contribution in [2.45, 2.75) is 57.6 Å². The molecule has 0 aromatic heterocycles. The lowest BCUT2D eigenvalue weighted by Crippen LogP contribution is -2.50. The second kappa shape index (κ2) is 11.0. The minimum Gasteiger partial charge on any atom is -0.352 e. The fourth-order valence-electron chi connectivity index (χ4n) is 2.70. The van der Waals surface area contributed by atoms with Gasteiger partial charge in [0.05, 0.1) is 5.75 Å². The first-order valence-corrected chi connectivity index (χ1v) is 10.8. The van der Waals surface area contributed by atoms with E-state index in [1.807, 2.05) is 45.0 Å². The Labute approximate surface area is 176 Å². The van der Waals surface area contributed by atoms with Crippen molar-refractivity contribution in [2.24, 2.45) is 0 Å². The summed E-state index contributed by atoms with van der Waals surface area (Å²) < 4.78 is 13.2. The van der Waals surface area contributed by atoms with Gasteiger partial charge in [0, 0.05) is 17.5 Å². The van der Waals surface area contributed by atoms with E-state index < -0.39 is 6.04 Å². The molecule has 0 heterocycles. The quantitative estimate of drug-likeness (QED) is 0.610. The molecule has 156 valence electrons. The van der Waals surface area contributed by atoms with Gasteiger partial charge < -0.3 is 10.2 Å². The van der Waals surface area contributed by atoms with Gasteiger partial charge in [-0.25, -0.2) is 4.39 Å². The summed E-state index contributed by atoms with van der Waals surface area (Å²) in [5.74, 6) is -0.420. The van der Waals surface area contributed by atoms with Crippen molar-refractivity contribution in [3.8, 4) is 0 Å². The van der Waals surface area contributed by atoms with Crippen LogP contribution in [0.5, 0.6) is 0 Å². The van der Waals surface area contributed by atoms with Crippen LogP contribution in [0.2, 0.25) is 0 Å². The number of hydrogen-bond acceptors (Lipinski definition) is 3. The summed E-state index contributed by atoms with van der Waals surface area (Å²) >= 11 is 1.44. The minimum atomic E-state index is -0.625. The highest BCUT2D eigenvalue weighted by molar-refractivity contribution is 8.00. The van der Waals surface area contributed by atoms with Crippen LogP contribution < -0.4 is 5.32 Å². The molecule has 0 spiro atoms. The Bertz CT molecular complexity index is 809. The highest BCUT2D eigenvalue weighted by Crippen LogP contribution is 2.20. The second-order valence-electron chi connectivity index (χ2n) is 7.24. The van der Waals surface area contributed by atoms with Crippen LogP contribution in [0.3, 0.4) is 0 Å². The maximum atomic E-state index is 13.2. The molecule has 2 amide bonds. The SMILES string of the molecule is CCC(C)NC(=O)C(C)N(Cc1ccc(F)cc1)C(=O)CSc1ccc(C)cc1. The third kappa shape index (κ3) is 7.20. The molecule has 2 rings (SSSR count).